The number of esters is 1. The van der Waals surface area contributed by atoms with Gasteiger partial charge in [-0.1, -0.05) is 48.5 Å². The van der Waals surface area contributed by atoms with E-state index in [9.17, 15) is 14.4 Å². The number of methoxy groups -OCH3 is 1. The second-order valence-electron chi connectivity index (χ2n) is 5.84. The number of hydrogen-bond acceptors (Lipinski definition) is 4. The lowest BCUT2D eigenvalue weighted by molar-refractivity contribution is -0.144. The van der Waals surface area contributed by atoms with Crippen LogP contribution < -0.4 is 10.6 Å². The minimum atomic E-state index is -0.822. The molecule has 2 rings (SSSR count). The van der Waals surface area contributed by atoms with E-state index in [4.69, 9.17) is 0 Å². The number of amides is 2. The quantitative estimate of drug-likeness (QED) is 0.742. The summed E-state index contributed by atoms with van der Waals surface area (Å²) < 4.78 is 4.62. The molecule has 0 aromatic heterocycles. The molecule has 0 bridgehead atoms. The van der Waals surface area contributed by atoms with Crippen LogP contribution in [0.5, 0.6) is 0 Å². The fourth-order valence-electron chi connectivity index (χ4n) is 2.44. The summed E-state index contributed by atoms with van der Waals surface area (Å²) in [4.78, 5) is 36.6. The first-order chi connectivity index (χ1) is 12.5. The molecule has 6 nitrogen and oxygen atoms in total. The molecule has 2 aromatic carbocycles. The fraction of sp³-hybridized carbons (Fsp3) is 0.250. The van der Waals surface area contributed by atoms with Crippen molar-refractivity contribution in [3.63, 3.8) is 0 Å². The Morgan fingerprint density at radius 1 is 0.923 bits per heavy atom. The number of benzene rings is 2. The van der Waals surface area contributed by atoms with Crippen LogP contribution in [0, 0.1) is 0 Å². The van der Waals surface area contributed by atoms with Crippen molar-refractivity contribution < 1.29 is 19.1 Å². The van der Waals surface area contributed by atoms with E-state index in [0.29, 0.717) is 12.0 Å². The molecule has 6 heteroatoms. The summed E-state index contributed by atoms with van der Waals surface area (Å²) in [6.45, 7) is 1.53. The Hall–Kier alpha value is -3.15. The van der Waals surface area contributed by atoms with Crippen LogP contribution in [0.15, 0.2) is 60.7 Å². The van der Waals surface area contributed by atoms with Gasteiger partial charge in [0.25, 0.3) is 5.91 Å². The van der Waals surface area contributed by atoms with Gasteiger partial charge in [0.1, 0.15) is 12.1 Å². The van der Waals surface area contributed by atoms with Crippen LogP contribution in [-0.4, -0.2) is 37.0 Å². The molecule has 0 aliphatic rings. The lowest BCUT2D eigenvalue weighted by atomic mass is 10.0. The molecular weight excluding hydrogens is 332 g/mol. The summed E-state index contributed by atoms with van der Waals surface area (Å²) in [5.41, 5.74) is 1.35. The van der Waals surface area contributed by atoms with Crippen LogP contribution >= 0.6 is 0 Å². The van der Waals surface area contributed by atoms with Gasteiger partial charge in [-0.2, -0.15) is 0 Å². The van der Waals surface area contributed by atoms with Crippen LogP contribution in [0.2, 0.25) is 0 Å². The first kappa shape index (κ1) is 19.2. The minimum Gasteiger partial charge on any atom is -0.467 e. The van der Waals surface area contributed by atoms with E-state index in [-0.39, 0.29) is 5.91 Å². The average molecular weight is 354 g/mol. The highest BCUT2D eigenvalue weighted by Gasteiger charge is 2.25. The average Bonchev–Trinajstić information content (AvgIpc) is 2.68. The van der Waals surface area contributed by atoms with E-state index in [1.54, 1.807) is 24.3 Å². The van der Waals surface area contributed by atoms with Gasteiger partial charge in [-0.15, -0.1) is 0 Å². The van der Waals surface area contributed by atoms with Crippen molar-refractivity contribution in [3.05, 3.63) is 71.8 Å². The normalized spacial score (nSPS) is 12.5. The monoisotopic (exact) mass is 354 g/mol. The van der Waals surface area contributed by atoms with Crippen molar-refractivity contribution in [2.75, 3.05) is 7.11 Å². The maximum absolute atomic E-state index is 12.6. The van der Waals surface area contributed by atoms with Crippen LogP contribution in [0.1, 0.15) is 22.8 Å². The van der Waals surface area contributed by atoms with Crippen LogP contribution in [0.4, 0.5) is 0 Å². The number of ether oxygens (including phenoxy) is 1. The molecule has 2 amide bonds. The van der Waals surface area contributed by atoms with Crippen molar-refractivity contribution >= 4 is 17.8 Å². The molecule has 0 aliphatic carbocycles. The predicted molar refractivity (Wildman–Crippen MR) is 97.5 cm³/mol. The van der Waals surface area contributed by atoms with Gasteiger partial charge in [-0.25, -0.2) is 4.79 Å². The smallest absolute Gasteiger partial charge is 0.328 e. The van der Waals surface area contributed by atoms with Gasteiger partial charge >= 0.3 is 5.97 Å². The lowest BCUT2D eigenvalue weighted by Gasteiger charge is -2.20. The van der Waals surface area contributed by atoms with E-state index in [1.165, 1.54) is 14.0 Å². The number of nitrogens with one attached hydrogen (secondary N) is 2. The molecule has 0 aliphatic heterocycles. The van der Waals surface area contributed by atoms with Crippen molar-refractivity contribution in [1.82, 2.24) is 10.6 Å². The van der Waals surface area contributed by atoms with Gasteiger partial charge in [0.15, 0.2) is 0 Å². The maximum atomic E-state index is 12.6. The summed E-state index contributed by atoms with van der Waals surface area (Å²) in [5.74, 6) is -1.35. The predicted octanol–water partition coefficient (Wildman–Crippen LogP) is 1.71. The third kappa shape index (κ3) is 5.44. The highest BCUT2D eigenvalue weighted by atomic mass is 16.5. The molecule has 0 radical (unpaired) electrons. The summed E-state index contributed by atoms with van der Waals surface area (Å²) >= 11 is 0. The van der Waals surface area contributed by atoms with Gasteiger partial charge in [-0.05, 0) is 24.6 Å². The summed E-state index contributed by atoms with van der Waals surface area (Å²) in [7, 11) is 1.25. The number of carbonyl (C=O) groups excluding carboxylic acids is 3. The first-order valence-electron chi connectivity index (χ1n) is 8.29. The van der Waals surface area contributed by atoms with Gasteiger partial charge in [0.05, 0.1) is 7.11 Å². The zero-order valence-electron chi connectivity index (χ0n) is 14.8. The molecule has 136 valence electrons. The van der Waals surface area contributed by atoms with Crippen LogP contribution in [0.25, 0.3) is 0 Å². The SMILES string of the molecule is COC(=O)[C@H](C)NC(=O)[C@H](Cc1ccccc1)NC(=O)c1ccccc1. The zero-order valence-corrected chi connectivity index (χ0v) is 14.8. The van der Waals surface area contributed by atoms with Gasteiger partial charge in [0.2, 0.25) is 5.91 Å². The molecule has 2 atom stereocenters. The Balaban J connectivity index is 2.14. The minimum absolute atomic E-state index is 0.305. The lowest BCUT2D eigenvalue weighted by Crippen LogP contribution is -2.51. The van der Waals surface area contributed by atoms with Crippen molar-refractivity contribution in [1.29, 1.82) is 0 Å². The Bertz CT molecular complexity index is 747. The van der Waals surface area contributed by atoms with Gasteiger partial charge < -0.3 is 15.4 Å². The first-order valence-corrected chi connectivity index (χ1v) is 8.29. The summed E-state index contributed by atoms with van der Waals surface area (Å²) in [5, 5.41) is 5.32. The van der Waals surface area contributed by atoms with E-state index in [2.05, 4.69) is 15.4 Å². The zero-order chi connectivity index (χ0) is 18.9. The highest BCUT2D eigenvalue weighted by Crippen LogP contribution is 2.06. The molecule has 2 aromatic rings. The molecule has 0 unspecified atom stereocenters. The summed E-state index contributed by atoms with van der Waals surface area (Å²) in [6.07, 6.45) is 0.305. The van der Waals surface area contributed by atoms with Gasteiger partial charge in [0, 0.05) is 12.0 Å². The molecular formula is C20H22N2O4. The largest absolute Gasteiger partial charge is 0.467 e. The molecule has 0 fully saturated rings. The molecule has 2 N–H and O–H groups in total. The van der Waals surface area contributed by atoms with Gasteiger partial charge in [-0.3, -0.25) is 9.59 Å². The topological polar surface area (TPSA) is 84.5 Å². The number of rotatable bonds is 7. The van der Waals surface area contributed by atoms with E-state index in [1.807, 2.05) is 36.4 Å². The fourth-order valence-corrected chi connectivity index (χ4v) is 2.44. The van der Waals surface area contributed by atoms with Crippen LogP contribution in [0.3, 0.4) is 0 Å². The van der Waals surface area contributed by atoms with Crippen molar-refractivity contribution in [2.24, 2.45) is 0 Å². The molecule has 0 saturated carbocycles. The van der Waals surface area contributed by atoms with E-state index >= 15 is 0 Å². The molecule has 0 heterocycles. The Morgan fingerprint density at radius 2 is 1.50 bits per heavy atom. The molecule has 0 spiro atoms. The van der Waals surface area contributed by atoms with Crippen LogP contribution in [-0.2, 0) is 20.7 Å². The Labute approximate surface area is 152 Å². The summed E-state index contributed by atoms with van der Waals surface area (Å²) in [6, 6.07) is 16.4. The second-order valence-corrected chi connectivity index (χ2v) is 5.84. The van der Waals surface area contributed by atoms with E-state index < -0.39 is 24.0 Å². The number of hydrogen-bond donors (Lipinski definition) is 2. The number of carbonyl (C=O) groups is 3. The highest BCUT2D eigenvalue weighted by molar-refractivity contribution is 5.98. The Morgan fingerprint density at radius 3 is 2.08 bits per heavy atom. The van der Waals surface area contributed by atoms with Crippen molar-refractivity contribution in [2.45, 2.75) is 25.4 Å². The Kier molecular flexibility index (Phi) is 6.91. The molecule has 0 saturated heterocycles. The third-order valence-electron chi connectivity index (χ3n) is 3.85. The maximum Gasteiger partial charge on any atom is 0.328 e. The van der Waals surface area contributed by atoms with Crippen molar-refractivity contribution in [3.8, 4) is 0 Å². The molecule has 26 heavy (non-hydrogen) atoms. The standard InChI is InChI=1S/C20H22N2O4/c1-14(20(25)26-2)21-19(24)17(13-15-9-5-3-6-10-15)22-18(23)16-11-7-4-8-12-16/h3-12,14,17H,13H2,1-2H3,(H,21,24)(H,22,23)/t14-,17-/m0/s1. The van der Waals surface area contributed by atoms with E-state index in [0.717, 1.165) is 5.56 Å². The third-order valence-corrected chi connectivity index (χ3v) is 3.85. The second kappa shape index (κ2) is 9.36.